The smallest absolute Gasteiger partial charge is 0.221 e. The number of nitrogens with two attached hydrogens (primary N) is 1. The highest BCUT2D eigenvalue weighted by Crippen LogP contribution is 2.11. The van der Waals surface area contributed by atoms with Crippen molar-refractivity contribution in [3.63, 3.8) is 0 Å². The van der Waals surface area contributed by atoms with Gasteiger partial charge in [-0.15, -0.1) is 0 Å². The Balaban J connectivity index is 2.75. The van der Waals surface area contributed by atoms with Crippen LogP contribution >= 0.6 is 0 Å². The number of hydrogen-bond acceptors (Lipinski definition) is 2. The van der Waals surface area contributed by atoms with Crippen LogP contribution in [0.3, 0.4) is 0 Å². The fourth-order valence-corrected chi connectivity index (χ4v) is 1.11. The SMILES string of the molecule is NC(=O)CC=Cc1ccc(CO)c(F)c1. The van der Waals surface area contributed by atoms with Crippen LogP contribution in [0.1, 0.15) is 17.5 Å². The van der Waals surface area contributed by atoms with Gasteiger partial charge in [-0.25, -0.2) is 4.39 Å². The van der Waals surface area contributed by atoms with Crippen molar-refractivity contribution in [2.24, 2.45) is 5.73 Å². The van der Waals surface area contributed by atoms with E-state index in [2.05, 4.69) is 0 Å². The highest BCUT2D eigenvalue weighted by atomic mass is 19.1. The zero-order valence-corrected chi connectivity index (χ0v) is 8.11. The maximum atomic E-state index is 13.2. The monoisotopic (exact) mass is 209 g/mol. The van der Waals surface area contributed by atoms with Crippen LogP contribution in [-0.4, -0.2) is 11.0 Å². The molecule has 1 rings (SSSR count). The molecule has 0 heterocycles. The average Bonchev–Trinajstić information content (AvgIpc) is 2.17. The standard InChI is InChI=1S/C11H12FNO2/c12-10-6-8(2-1-3-11(13)15)4-5-9(10)7-14/h1-2,4-6,14H,3,7H2,(H2,13,15). The minimum absolute atomic E-state index is 0.128. The van der Waals surface area contributed by atoms with E-state index < -0.39 is 11.7 Å². The van der Waals surface area contributed by atoms with Crippen molar-refractivity contribution in [2.75, 3.05) is 0 Å². The summed E-state index contributed by atoms with van der Waals surface area (Å²) >= 11 is 0. The molecule has 0 saturated heterocycles. The molecule has 0 radical (unpaired) electrons. The van der Waals surface area contributed by atoms with Gasteiger partial charge >= 0.3 is 0 Å². The number of benzene rings is 1. The zero-order valence-electron chi connectivity index (χ0n) is 8.11. The van der Waals surface area contributed by atoms with Crippen molar-refractivity contribution in [1.29, 1.82) is 0 Å². The Hall–Kier alpha value is -1.68. The third-order valence-corrected chi connectivity index (χ3v) is 1.88. The van der Waals surface area contributed by atoms with E-state index in [4.69, 9.17) is 10.8 Å². The number of hydrogen-bond donors (Lipinski definition) is 2. The van der Waals surface area contributed by atoms with E-state index in [-0.39, 0.29) is 18.6 Å². The number of amides is 1. The van der Waals surface area contributed by atoms with Crippen molar-refractivity contribution in [2.45, 2.75) is 13.0 Å². The number of rotatable bonds is 4. The quantitative estimate of drug-likeness (QED) is 0.782. The van der Waals surface area contributed by atoms with Gasteiger partial charge in [0.15, 0.2) is 0 Å². The maximum absolute atomic E-state index is 13.2. The number of carbonyl (C=O) groups excluding carboxylic acids is 1. The van der Waals surface area contributed by atoms with Gasteiger partial charge in [0, 0.05) is 12.0 Å². The summed E-state index contributed by atoms with van der Waals surface area (Å²) in [6.45, 7) is -0.322. The molecule has 4 heteroatoms. The van der Waals surface area contributed by atoms with E-state index in [1.807, 2.05) is 0 Å². The molecule has 0 saturated carbocycles. The van der Waals surface area contributed by atoms with Crippen molar-refractivity contribution in [3.05, 3.63) is 41.2 Å². The van der Waals surface area contributed by atoms with Crippen LogP contribution in [0.5, 0.6) is 0 Å². The zero-order chi connectivity index (χ0) is 11.3. The lowest BCUT2D eigenvalue weighted by Crippen LogP contribution is -2.07. The molecule has 0 bridgehead atoms. The van der Waals surface area contributed by atoms with Crippen molar-refractivity contribution in [1.82, 2.24) is 0 Å². The van der Waals surface area contributed by atoms with Gasteiger partial charge < -0.3 is 10.8 Å². The van der Waals surface area contributed by atoms with E-state index >= 15 is 0 Å². The van der Waals surface area contributed by atoms with Crippen LogP contribution in [0, 0.1) is 5.82 Å². The molecule has 1 aromatic rings. The molecule has 0 spiro atoms. The molecule has 15 heavy (non-hydrogen) atoms. The molecule has 0 fully saturated rings. The lowest BCUT2D eigenvalue weighted by molar-refractivity contribution is -0.117. The lowest BCUT2D eigenvalue weighted by atomic mass is 10.1. The number of carbonyl (C=O) groups is 1. The first kappa shape index (κ1) is 11.4. The second-order valence-corrected chi connectivity index (χ2v) is 3.08. The summed E-state index contributed by atoms with van der Waals surface area (Å²) in [6.07, 6.45) is 3.30. The molecule has 0 unspecified atom stereocenters. The van der Waals surface area contributed by atoms with Crippen LogP contribution in [-0.2, 0) is 11.4 Å². The molecule has 80 valence electrons. The van der Waals surface area contributed by atoms with Gasteiger partial charge in [-0.1, -0.05) is 24.3 Å². The Morgan fingerprint density at radius 3 is 2.80 bits per heavy atom. The summed E-state index contributed by atoms with van der Waals surface area (Å²) in [4.78, 5) is 10.4. The van der Waals surface area contributed by atoms with Crippen LogP contribution in [0.2, 0.25) is 0 Å². The molecular formula is C11H12FNO2. The Morgan fingerprint density at radius 2 is 2.27 bits per heavy atom. The van der Waals surface area contributed by atoms with Gasteiger partial charge in [-0.2, -0.15) is 0 Å². The highest BCUT2D eigenvalue weighted by Gasteiger charge is 2.00. The predicted molar refractivity (Wildman–Crippen MR) is 55.2 cm³/mol. The van der Waals surface area contributed by atoms with E-state index in [1.54, 1.807) is 18.2 Å². The van der Waals surface area contributed by atoms with Crippen LogP contribution < -0.4 is 5.73 Å². The molecule has 0 aliphatic rings. The van der Waals surface area contributed by atoms with Gasteiger partial charge in [0.05, 0.1) is 6.61 Å². The third-order valence-electron chi connectivity index (χ3n) is 1.88. The first-order valence-electron chi connectivity index (χ1n) is 4.47. The summed E-state index contributed by atoms with van der Waals surface area (Å²) in [7, 11) is 0. The second kappa shape index (κ2) is 5.26. The van der Waals surface area contributed by atoms with Gasteiger partial charge in [-0.3, -0.25) is 4.79 Å². The molecule has 0 aliphatic carbocycles. The van der Waals surface area contributed by atoms with Crippen LogP contribution in [0.4, 0.5) is 4.39 Å². The average molecular weight is 209 g/mol. The summed E-state index contributed by atoms with van der Waals surface area (Å²) < 4.78 is 13.2. The molecule has 0 atom stereocenters. The number of aliphatic hydroxyl groups is 1. The Morgan fingerprint density at radius 1 is 1.53 bits per heavy atom. The number of halogens is 1. The maximum Gasteiger partial charge on any atom is 0.221 e. The van der Waals surface area contributed by atoms with Crippen molar-refractivity contribution in [3.8, 4) is 0 Å². The molecule has 3 N–H and O–H groups in total. The largest absolute Gasteiger partial charge is 0.392 e. The van der Waals surface area contributed by atoms with Gasteiger partial charge in [0.2, 0.25) is 5.91 Å². The molecule has 0 aliphatic heterocycles. The van der Waals surface area contributed by atoms with Gasteiger partial charge in [-0.05, 0) is 11.6 Å². The fraction of sp³-hybridized carbons (Fsp3) is 0.182. The normalized spacial score (nSPS) is 10.8. The Kier molecular flexibility index (Phi) is 4.00. The minimum atomic E-state index is -0.460. The van der Waals surface area contributed by atoms with E-state index in [0.29, 0.717) is 5.56 Å². The van der Waals surface area contributed by atoms with E-state index in [1.165, 1.54) is 12.1 Å². The topological polar surface area (TPSA) is 63.3 Å². The Bertz CT molecular complexity index is 388. The number of primary amides is 1. The van der Waals surface area contributed by atoms with Gasteiger partial charge in [0.25, 0.3) is 0 Å². The molecular weight excluding hydrogens is 197 g/mol. The summed E-state index contributed by atoms with van der Waals surface area (Å²) in [5, 5.41) is 8.74. The molecule has 0 aromatic heterocycles. The first-order valence-corrected chi connectivity index (χ1v) is 4.47. The molecule has 1 amide bonds. The predicted octanol–water partition coefficient (Wildman–Crippen LogP) is 1.21. The van der Waals surface area contributed by atoms with Crippen LogP contribution in [0.25, 0.3) is 6.08 Å². The van der Waals surface area contributed by atoms with Crippen LogP contribution in [0.15, 0.2) is 24.3 Å². The minimum Gasteiger partial charge on any atom is -0.392 e. The molecule has 3 nitrogen and oxygen atoms in total. The number of aliphatic hydroxyl groups excluding tert-OH is 1. The third kappa shape index (κ3) is 3.52. The Labute approximate surface area is 87.0 Å². The van der Waals surface area contributed by atoms with E-state index in [9.17, 15) is 9.18 Å². The highest BCUT2D eigenvalue weighted by molar-refractivity contribution is 5.76. The summed E-state index contributed by atoms with van der Waals surface area (Å²) in [5.74, 6) is -0.891. The van der Waals surface area contributed by atoms with Crippen molar-refractivity contribution >= 4 is 12.0 Å². The fourth-order valence-electron chi connectivity index (χ4n) is 1.11. The second-order valence-electron chi connectivity index (χ2n) is 3.08. The lowest BCUT2D eigenvalue weighted by Gasteiger charge is -1.99. The summed E-state index contributed by atoms with van der Waals surface area (Å²) in [6, 6.07) is 4.45. The first-order chi connectivity index (χ1) is 7.13. The summed E-state index contributed by atoms with van der Waals surface area (Å²) in [5.41, 5.74) is 5.82. The molecule has 1 aromatic carbocycles. The van der Waals surface area contributed by atoms with Gasteiger partial charge in [0.1, 0.15) is 5.82 Å². The van der Waals surface area contributed by atoms with Crippen molar-refractivity contribution < 1.29 is 14.3 Å². The van der Waals surface area contributed by atoms with E-state index in [0.717, 1.165) is 0 Å².